The van der Waals surface area contributed by atoms with Gasteiger partial charge in [-0.3, -0.25) is 0 Å². The lowest BCUT2D eigenvalue weighted by Gasteiger charge is -2.30. The third-order valence-corrected chi connectivity index (χ3v) is 6.49. The molecule has 2 aromatic carbocycles. The molecule has 2 aromatic rings. The molecule has 0 unspecified atom stereocenters. The molecule has 2 aliphatic rings. The molecule has 1 aliphatic heterocycles. The van der Waals surface area contributed by atoms with Crippen molar-refractivity contribution < 1.29 is 9.53 Å². The van der Waals surface area contributed by atoms with Crippen LogP contribution in [0.5, 0.6) is 0 Å². The fourth-order valence-corrected chi connectivity index (χ4v) is 4.70. The number of carbonyl (C=O) groups excluding carboxylic acids is 1. The predicted molar refractivity (Wildman–Crippen MR) is 121 cm³/mol. The summed E-state index contributed by atoms with van der Waals surface area (Å²) in [5, 5.41) is 3.42. The average molecular weight is 408 g/mol. The number of benzene rings is 2. The van der Waals surface area contributed by atoms with E-state index in [1.165, 1.54) is 16.8 Å². The summed E-state index contributed by atoms with van der Waals surface area (Å²) in [6.07, 6.45) is 1.88. The minimum absolute atomic E-state index is 0.251. The summed E-state index contributed by atoms with van der Waals surface area (Å²) in [6, 6.07) is 16.8. The van der Waals surface area contributed by atoms with Crippen molar-refractivity contribution >= 4 is 11.8 Å². The van der Waals surface area contributed by atoms with E-state index in [2.05, 4.69) is 35.3 Å². The fourth-order valence-electron chi connectivity index (χ4n) is 4.70. The van der Waals surface area contributed by atoms with Gasteiger partial charge in [0, 0.05) is 45.5 Å². The molecular formula is C25H33N3O2. The maximum Gasteiger partial charge on any atom is 0.409 e. The van der Waals surface area contributed by atoms with Gasteiger partial charge in [-0.2, -0.15) is 0 Å². The highest BCUT2D eigenvalue weighted by atomic mass is 16.6. The molecule has 2 atom stereocenters. The standard InChI is InChI=1S/C25H33N3O2/c1-19-16-21(10-13-27(2)25(29)30-18-20-6-4-3-5-7-20)23-9-8-22(17-24(19)23)28-14-11-26-12-15-28/h3-9,17,19,21,26H,10-16,18H2,1-2H3/t19-,21-/m1/s1. The van der Waals surface area contributed by atoms with Gasteiger partial charge in [0.05, 0.1) is 0 Å². The first-order chi connectivity index (χ1) is 14.6. The van der Waals surface area contributed by atoms with Crippen molar-refractivity contribution in [2.45, 2.75) is 38.2 Å². The Balaban J connectivity index is 1.32. The largest absolute Gasteiger partial charge is 0.445 e. The second kappa shape index (κ2) is 9.52. The van der Waals surface area contributed by atoms with Crippen molar-refractivity contribution in [1.29, 1.82) is 0 Å². The predicted octanol–water partition coefficient (Wildman–Crippen LogP) is 4.35. The van der Waals surface area contributed by atoms with Crippen molar-refractivity contribution in [2.75, 3.05) is 44.7 Å². The fraction of sp³-hybridized carbons (Fsp3) is 0.480. The molecule has 1 heterocycles. The molecule has 1 N–H and O–H groups in total. The lowest BCUT2D eigenvalue weighted by Crippen LogP contribution is -2.43. The topological polar surface area (TPSA) is 44.8 Å². The maximum absolute atomic E-state index is 12.3. The van der Waals surface area contributed by atoms with Crippen LogP contribution in [0.25, 0.3) is 0 Å². The number of hydrogen-bond donors (Lipinski definition) is 1. The van der Waals surface area contributed by atoms with Gasteiger partial charge in [-0.15, -0.1) is 0 Å². The highest BCUT2D eigenvalue weighted by molar-refractivity contribution is 5.67. The van der Waals surface area contributed by atoms with E-state index in [0.717, 1.165) is 44.6 Å². The molecule has 0 radical (unpaired) electrons. The molecule has 5 nitrogen and oxygen atoms in total. The number of rotatable bonds is 6. The summed E-state index contributed by atoms with van der Waals surface area (Å²) in [7, 11) is 1.83. The summed E-state index contributed by atoms with van der Waals surface area (Å²) < 4.78 is 5.45. The molecule has 0 bridgehead atoms. The SMILES string of the molecule is C[C@@H]1C[C@@H](CCN(C)C(=O)OCc2ccccc2)c2ccc(N3CCNCC3)cc21. The first-order valence-corrected chi connectivity index (χ1v) is 11.1. The molecule has 1 aliphatic carbocycles. The zero-order chi connectivity index (χ0) is 20.9. The van der Waals surface area contributed by atoms with Crippen LogP contribution in [0.2, 0.25) is 0 Å². The monoisotopic (exact) mass is 407 g/mol. The van der Waals surface area contributed by atoms with Crippen LogP contribution in [0.3, 0.4) is 0 Å². The Morgan fingerprint density at radius 1 is 1.13 bits per heavy atom. The highest BCUT2D eigenvalue weighted by Crippen LogP contribution is 2.44. The van der Waals surface area contributed by atoms with Crippen molar-refractivity contribution in [3.8, 4) is 0 Å². The summed E-state index contributed by atoms with van der Waals surface area (Å²) in [5.41, 5.74) is 5.32. The van der Waals surface area contributed by atoms with E-state index in [1.807, 2.05) is 37.4 Å². The molecule has 0 saturated carbocycles. The van der Waals surface area contributed by atoms with Gasteiger partial charge in [0.15, 0.2) is 0 Å². The smallest absolute Gasteiger partial charge is 0.409 e. The molecule has 160 valence electrons. The lowest BCUT2D eigenvalue weighted by molar-refractivity contribution is 0.104. The van der Waals surface area contributed by atoms with Crippen molar-refractivity contribution in [3.63, 3.8) is 0 Å². The van der Waals surface area contributed by atoms with Crippen molar-refractivity contribution in [2.24, 2.45) is 0 Å². The second-order valence-corrected chi connectivity index (χ2v) is 8.63. The Morgan fingerprint density at radius 2 is 1.90 bits per heavy atom. The Kier molecular flexibility index (Phi) is 6.58. The van der Waals surface area contributed by atoms with Crippen LogP contribution in [0, 0.1) is 0 Å². The number of piperazine rings is 1. The van der Waals surface area contributed by atoms with Crippen molar-refractivity contribution in [3.05, 3.63) is 65.2 Å². The van der Waals surface area contributed by atoms with Gasteiger partial charge in [-0.1, -0.05) is 43.3 Å². The van der Waals surface area contributed by atoms with Crippen molar-refractivity contribution in [1.82, 2.24) is 10.2 Å². The number of nitrogens with zero attached hydrogens (tertiary/aromatic N) is 2. The molecule has 30 heavy (non-hydrogen) atoms. The molecule has 1 saturated heterocycles. The number of nitrogens with one attached hydrogen (secondary N) is 1. The molecular weight excluding hydrogens is 374 g/mol. The lowest BCUT2D eigenvalue weighted by atomic mass is 9.97. The first kappa shape index (κ1) is 20.7. The number of hydrogen-bond acceptors (Lipinski definition) is 4. The van der Waals surface area contributed by atoms with Gasteiger partial charge in [0.2, 0.25) is 0 Å². The molecule has 5 heteroatoms. The van der Waals surface area contributed by atoms with Crippen LogP contribution in [0.1, 0.15) is 48.3 Å². The molecule has 0 aromatic heterocycles. The van der Waals surface area contributed by atoms with Gasteiger partial charge in [0.25, 0.3) is 0 Å². The Hall–Kier alpha value is -2.53. The van der Waals surface area contributed by atoms with Crippen LogP contribution in [0.15, 0.2) is 48.5 Å². The first-order valence-electron chi connectivity index (χ1n) is 11.1. The minimum Gasteiger partial charge on any atom is -0.445 e. The number of fused-ring (bicyclic) bond motifs is 1. The van der Waals surface area contributed by atoms with Crippen LogP contribution >= 0.6 is 0 Å². The Morgan fingerprint density at radius 3 is 2.67 bits per heavy atom. The zero-order valence-corrected chi connectivity index (χ0v) is 18.1. The summed E-state index contributed by atoms with van der Waals surface area (Å²) in [6.45, 7) is 7.63. The summed E-state index contributed by atoms with van der Waals surface area (Å²) in [4.78, 5) is 16.5. The summed E-state index contributed by atoms with van der Waals surface area (Å²) >= 11 is 0. The third-order valence-electron chi connectivity index (χ3n) is 6.49. The van der Waals surface area contributed by atoms with E-state index < -0.39 is 0 Å². The van der Waals surface area contributed by atoms with Crippen LogP contribution in [-0.4, -0.2) is 50.8 Å². The number of amides is 1. The normalized spacial score (nSPS) is 20.7. The summed E-state index contributed by atoms with van der Waals surface area (Å²) in [5.74, 6) is 1.08. The number of anilines is 1. The van der Waals surface area contributed by atoms with Gasteiger partial charge in [-0.25, -0.2) is 4.79 Å². The van der Waals surface area contributed by atoms with E-state index in [0.29, 0.717) is 25.0 Å². The van der Waals surface area contributed by atoms with Gasteiger partial charge in [-0.05, 0) is 53.5 Å². The van der Waals surface area contributed by atoms with E-state index >= 15 is 0 Å². The average Bonchev–Trinajstić information content (AvgIpc) is 3.12. The minimum atomic E-state index is -0.251. The van der Waals surface area contributed by atoms with E-state index in [4.69, 9.17) is 4.74 Å². The maximum atomic E-state index is 12.3. The second-order valence-electron chi connectivity index (χ2n) is 8.63. The molecule has 0 spiro atoms. The quantitative estimate of drug-likeness (QED) is 0.773. The molecule has 1 amide bonds. The third kappa shape index (κ3) is 4.78. The molecule has 4 rings (SSSR count). The zero-order valence-electron chi connectivity index (χ0n) is 18.1. The number of carbonyl (C=O) groups is 1. The van der Waals surface area contributed by atoms with Crippen LogP contribution < -0.4 is 10.2 Å². The Labute approximate surface area is 180 Å². The van der Waals surface area contributed by atoms with E-state index in [1.54, 1.807) is 4.90 Å². The highest BCUT2D eigenvalue weighted by Gasteiger charge is 2.29. The Bertz CT molecular complexity index is 849. The number of ether oxygens (including phenoxy) is 1. The van der Waals surface area contributed by atoms with Crippen LogP contribution in [0.4, 0.5) is 10.5 Å². The van der Waals surface area contributed by atoms with Gasteiger partial charge < -0.3 is 19.9 Å². The van der Waals surface area contributed by atoms with Crippen LogP contribution in [-0.2, 0) is 11.3 Å². The van der Waals surface area contributed by atoms with E-state index in [-0.39, 0.29) is 6.09 Å². The molecule has 1 fully saturated rings. The van der Waals surface area contributed by atoms with E-state index in [9.17, 15) is 4.79 Å². The van der Waals surface area contributed by atoms with Gasteiger partial charge >= 0.3 is 6.09 Å². The van der Waals surface area contributed by atoms with Gasteiger partial charge in [0.1, 0.15) is 6.61 Å².